The van der Waals surface area contributed by atoms with Crippen LogP contribution in [0.4, 0.5) is 21.6 Å². The molecule has 0 spiro atoms. The fourth-order valence-corrected chi connectivity index (χ4v) is 7.73. The van der Waals surface area contributed by atoms with E-state index in [4.69, 9.17) is 12.2 Å². The van der Waals surface area contributed by atoms with Gasteiger partial charge in [-0.05, 0) is 56.2 Å². The van der Waals surface area contributed by atoms with Crippen LogP contribution in [0.5, 0.6) is 0 Å². The van der Waals surface area contributed by atoms with Crippen molar-refractivity contribution >= 4 is 57.5 Å². The van der Waals surface area contributed by atoms with Crippen LogP contribution in [0.1, 0.15) is 42.1 Å². The number of carbonyl (C=O) groups is 1. The number of hydrogen-bond donors (Lipinski definition) is 0. The zero-order valence-corrected chi connectivity index (χ0v) is 29.4. The average molecular weight is 698 g/mol. The van der Waals surface area contributed by atoms with E-state index in [0.717, 1.165) is 18.2 Å². The van der Waals surface area contributed by atoms with Crippen molar-refractivity contribution in [1.82, 2.24) is 13.9 Å². The number of rotatable bonds is 8. The van der Waals surface area contributed by atoms with E-state index in [1.54, 1.807) is 54.4 Å². The fraction of sp³-hybridized carbons (Fsp3) is 0.306. The Morgan fingerprint density at radius 1 is 0.959 bits per heavy atom. The highest BCUT2D eigenvalue weighted by molar-refractivity contribution is 8.27. The molecular weight excluding hydrogens is 662 g/mol. The maximum atomic E-state index is 14.7. The van der Waals surface area contributed by atoms with Gasteiger partial charge in [-0.1, -0.05) is 67.7 Å². The maximum absolute atomic E-state index is 14.7. The number of piperazine rings is 1. The first-order valence-corrected chi connectivity index (χ1v) is 17.3. The second-order valence-electron chi connectivity index (χ2n) is 12.0. The molecule has 4 heterocycles. The minimum absolute atomic E-state index is 0.0104. The molecule has 2 aromatic heterocycles. The van der Waals surface area contributed by atoms with Gasteiger partial charge in [0.05, 0.1) is 22.0 Å². The van der Waals surface area contributed by atoms with Crippen LogP contribution < -0.4 is 25.8 Å². The Hall–Kier alpha value is -4.93. The monoisotopic (exact) mass is 697 g/mol. The molecule has 6 rings (SSSR count). The Labute approximate surface area is 293 Å². The lowest BCUT2D eigenvalue weighted by Gasteiger charge is -2.39. The molecule has 10 nitrogen and oxygen atoms in total. The Kier molecular flexibility index (Phi) is 9.63. The normalized spacial score (nSPS) is 15.8. The van der Waals surface area contributed by atoms with Crippen molar-refractivity contribution in [1.29, 1.82) is 5.26 Å². The molecule has 2 saturated heterocycles. The van der Waals surface area contributed by atoms with Gasteiger partial charge in [-0.25, -0.2) is 9.07 Å². The maximum Gasteiger partial charge on any atom is 0.296 e. The molecule has 2 aliphatic heterocycles. The van der Waals surface area contributed by atoms with Crippen LogP contribution in [0, 0.1) is 31.0 Å². The third-order valence-corrected chi connectivity index (χ3v) is 10.5. The van der Waals surface area contributed by atoms with Crippen LogP contribution >= 0.6 is 24.0 Å². The Morgan fingerprint density at radius 3 is 2.27 bits per heavy atom. The van der Waals surface area contributed by atoms with Gasteiger partial charge in [-0.3, -0.25) is 28.5 Å². The highest BCUT2D eigenvalue weighted by Crippen LogP contribution is 2.39. The average Bonchev–Trinajstić information content (AvgIpc) is 3.49. The summed E-state index contributed by atoms with van der Waals surface area (Å²) in [6.45, 7) is 7.87. The Balaban J connectivity index is 1.44. The molecule has 0 atom stereocenters. The second-order valence-corrected chi connectivity index (χ2v) is 13.7. The number of aromatic nitrogens is 3. The lowest BCUT2D eigenvalue weighted by molar-refractivity contribution is -0.113. The van der Waals surface area contributed by atoms with Crippen LogP contribution in [0.25, 0.3) is 11.8 Å². The molecule has 4 aromatic rings. The van der Waals surface area contributed by atoms with Gasteiger partial charge in [0.15, 0.2) is 4.32 Å². The van der Waals surface area contributed by atoms with Gasteiger partial charge in [0, 0.05) is 45.3 Å². The first kappa shape index (κ1) is 34.0. The number of carbonyl (C=O) groups excluding carboxylic acids is 1. The summed E-state index contributed by atoms with van der Waals surface area (Å²) in [6, 6.07) is 17.9. The molecule has 1 amide bonds. The molecule has 0 saturated carbocycles. The van der Waals surface area contributed by atoms with Crippen LogP contribution in [-0.4, -0.2) is 50.3 Å². The van der Waals surface area contributed by atoms with E-state index >= 15 is 0 Å². The minimum atomic E-state index is -0.458. The summed E-state index contributed by atoms with van der Waals surface area (Å²) in [7, 11) is 1.76. The van der Waals surface area contributed by atoms with E-state index in [0.29, 0.717) is 73.2 Å². The second kappa shape index (κ2) is 13.9. The van der Waals surface area contributed by atoms with E-state index in [9.17, 15) is 24.0 Å². The first-order valence-electron chi connectivity index (χ1n) is 16.1. The number of pyridine rings is 1. The van der Waals surface area contributed by atoms with E-state index in [2.05, 4.69) is 11.0 Å². The lowest BCUT2D eigenvalue weighted by Crippen LogP contribution is -2.49. The van der Waals surface area contributed by atoms with E-state index in [1.807, 2.05) is 42.2 Å². The molecule has 0 aliphatic carbocycles. The summed E-state index contributed by atoms with van der Waals surface area (Å²) in [5, 5.41) is 10.1. The van der Waals surface area contributed by atoms with E-state index in [1.165, 1.54) is 15.6 Å². The molecule has 2 aliphatic rings. The van der Waals surface area contributed by atoms with Crippen molar-refractivity contribution in [3.05, 3.63) is 108 Å². The zero-order chi connectivity index (χ0) is 35.0. The number of anilines is 3. The molecule has 49 heavy (non-hydrogen) atoms. The van der Waals surface area contributed by atoms with Crippen molar-refractivity contribution in [3.63, 3.8) is 0 Å². The first-order chi connectivity index (χ1) is 23.6. The van der Waals surface area contributed by atoms with Crippen molar-refractivity contribution < 1.29 is 9.18 Å². The molecule has 13 heteroatoms. The predicted octanol–water partition coefficient (Wildman–Crippen LogP) is 5.50. The number of para-hydroxylation sites is 2. The number of benzene rings is 2. The molecule has 252 valence electrons. The number of nitrogens with zero attached hydrogens (tertiary/aromatic N) is 7. The topological polar surface area (TPSA) is 99.5 Å². The van der Waals surface area contributed by atoms with Gasteiger partial charge >= 0.3 is 0 Å². The number of halogens is 1. The van der Waals surface area contributed by atoms with Crippen molar-refractivity contribution in [2.45, 2.75) is 40.2 Å². The van der Waals surface area contributed by atoms with E-state index < -0.39 is 5.91 Å². The summed E-state index contributed by atoms with van der Waals surface area (Å²) >= 11 is 6.79. The van der Waals surface area contributed by atoms with Crippen LogP contribution in [0.2, 0.25) is 0 Å². The summed E-state index contributed by atoms with van der Waals surface area (Å²) < 4.78 is 19.7. The van der Waals surface area contributed by atoms with E-state index in [-0.39, 0.29) is 37.4 Å². The third kappa shape index (κ3) is 6.00. The molecule has 0 radical (unpaired) electrons. The molecule has 0 bridgehead atoms. The molecule has 0 unspecified atom stereocenters. The lowest BCUT2D eigenvalue weighted by atomic mass is 10.0. The van der Waals surface area contributed by atoms with Crippen LogP contribution in [0.15, 0.2) is 69.1 Å². The molecular formula is C36H36FN7O3S2. The summed E-state index contributed by atoms with van der Waals surface area (Å²) in [4.78, 5) is 47.4. The highest BCUT2D eigenvalue weighted by atomic mass is 32.2. The third-order valence-electron chi connectivity index (χ3n) is 9.17. The van der Waals surface area contributed by atoms with Crippen molar-refractivity contribution in [3.8, 4) is 11.8 Å². The van der Waals surface area contributed by atoms with Gasteiger partial charge in [0.1, 0.15) is 29.0 Å². The number of nitriles is 1. The van der Waals surface area contributed by atoms with Gasteiger partial charge in [-0.15, -0.1) is 0 Å². The highest BCUT2D eigenvalue weighted by Gasteiger charge is 2.38. The van der Waals surface area contributed by atoms with Gasteiger partial charge < -0.3 is 9.80 Å². The Bertz CT molecular complexity index is 2160. The van der Waals surface area contributed by atoms with Gasteiger partial charge in [0.25, 0.3) is 17.0 Å². The zero-order valence-electron chi connectivity index (χ0n) is 27.8. The molecule has 2 fully saturated rings. The number of hydrogen-bond acceptors (Lipinski definition) is 8. The van der Waals surface area contributed by atoms with Gasteiger partial charge in [0.2, 0.25) is 0 Å². The minimum Gasteiger partial charge on any atom is -0.366 e. The molecule has 0 N–H and O–H groups in total. The van der Waals surface area contributed by atoms with Crippen molar-refractivity contribution in [2.75, 3.05) is 40.9 Å². The smallest absolute Gasteiger partial charge is 0.296 e. The quantitative estimate of drug-likeness (QED) is 0.176. The SMILES string of the molecule is CCCCn1c(N2CCN(c3ccccc3F)CC2)c(/C=C2\SC(=S)N(c3c(C)n(C)n(-c4ccccc4)c3=O)C2=O)c(C)c(C#N)c1=O. The number of amides is 1. The summed E-state index contributed by atoms with van der Waals surface area (Å²) in [5.41, 5.74) is 2.18. The Morgan fingerprint density at radius 2 is 1.61 bits per heavy atom. The predicted molar refractivity (Wildman–Crippen MR) is 197 cm³/mol. The standard InChI is InChI=1S/C36H36FN7O3S2/c1-5-6-16-42-32(41-19-17-40(18-20-41)29-15-11-10-14-28(29)37)26(23(2)27(22-38)33(42)45)21-30-34(46)43(36(48)49-30)31-24(3)39(4)44(35(31)47)25-12-8-7-9-13-25/h7-15,21H,5-6,16-20H2,1-4H3/b30-21-. The summed E-state index contributed by atoms with van der Waals surface area (Å²) in [6.07, 6.45) is 3.23. The largest absolute Gasteiger partial charge is 0.366 e. The molecule has 2 aromatic carbocycles. The fourth-order valence-electron chi connectivity index (χ4n) is 6.48. The van der Waals surface area contributed by atoms with Gasteiger partial charge in [-0.2, -0.15) is 5.26 Å². The number of unbranched alkanes of at least 4 members (excludes halogenated alkanes) is 1. The summed E-state index contributed by atoms with van der Waals surface area (Å²) in [5.74, 6) is -0.145. The number of thiocarbonyl (C=S) groups is 1. The van der Waals surface area contributed by atoms with Crippen LogP contribution in [0.3, 0.4) is 0 Å². The van der Waals surface area contributed by atoms with Crippen LogP contribution in [-0.2, 0) is 18.4 Å². The number of thioether (sulfide) groups is 1. The van der Waals surface area contributed by atoms with Crippen molar-refractivity contribution in [2.24, 2.45) is 7.05 Å².